The zero-order chi connectivity index (χ0) is 19.7. The van der Waals surface area contributed by atoms with Gasteiger partial charge in [-0.25, -0.2) is 0 Å². The minimum atomic E-state index is -3.16. The van der Waals surface area contributed by atoms with E-state index in [4.69, 9.17) is 14.7 Å². The lowest BCUT2D eigenvalue weighted by atomic mass is 10.0. The van der Waals surface area contributed by atoms with Gasteiger partial charge in [0.1, 0.15) is 17.4 Å². The molecule has 0 N–H and O–H groups in total. The van der Waals surface area contributed by atoms with E-state index in [1.54, 1.807) is 48.5 Å². The van der Waals surface area contributed by atoms with Crippen LogP contribution in [0.3, 0.4) is 0 Å². The van der Waals surface area contributed by atoms with Crippen LogP contribution in [0, 0.1) is 17.2 Å². The van der Waals surface area contributed by atoms with Crippen LogP contribution in [0.4, 0.5) is 14.5 Å². The molecule has 2 fully saturated rings. The van der Waals surface area contributed by atoms with Gasteiger partial charge in [-0.2, -0.15) is 14.0 Å². The van der Waals surface area contributed by atoms with Crippen molar-refractivity contribution in [2.75, 3.05) is 12.0 Å². The molecule has 0 aromatic heterocycles. The van der Waals surface area contributed by atoms with Gasteiger partial charge in [-0.3, -0.25) is 9.69 Å². The first-order valence-corrected chi connectivity index (χ1v) is 8.70. The van der Waals surface area contributed by atoms with Gasteiger partial charge in [-0.15, -0.1) is 0 Å². The third-order valence-corrected chi connectivity index (χ3v) is 5.66. The summed E-state index contributed by atoms with van der Waals surface area (Å²) in [5, 5.41) is 8.89. The normalized spacial score (nSPS) is 28.7. The minimum Gasteiger partial charge on any atom is -0.497 e. The molecule has 1 spiro atoms. The first-order chi connectivity index (χ1) is 13.4. The SMILES string of the molecule is COc1ccc(N2C(=O)C3C=C(c4ccc(C#N)cc4)OC34C2C4(F)F)cc1. The van der Waals surface area contributed by atoms with E-state index in [1.165, 1.54) is 13.2 Å². The largest absolute Gasteiger partial charge is 0.497 e. The van der Waals surface area contributed by atoms with E-state index in [0.29, 0.717) is 22.6 Å². The predicted molar refractivity (Wildman–Crippen MR) is 95.7 cm³/mol. The van der Waals surface area contributed by atoms with Crippen molar-refractivity contribution >= 4 is 17.4 Å². The van der Waals surface area contributed by atoms with Crippen LogP contribution in [-0.4, -0.2) is 30.6 Å². The highest BCUT2D eigenvalue weighted by Gasteiger charge is 2.95. The summed E-state index contributed by atoms with van der Waals surface area (Å²) < 4.78 is 40.5. The second-order valence-corrected chi connectivity index (χ2v) is 7.02. The number of alkyl halides is 2. The second-order valence-electron chi connectivity index (χ2n) is 7.02. The van der Waals surface area contributed by atoms with Crippen molar-refractivity contribution in [2.45, 2.75) is 17.6 Å². The lowest BCUT2D eigenvalue weighted by Gasteiger charge is -2.21. The molecule has 3 unspecified atom stereocenters. The zero-order valence-corrected chi connectivity index (χ0v) is 14.7. The predicted octanol–water partition coefficient (Wildman–Crippen LogP) is 3.36. The molecular weight excluding hydrogens is 366 g/mol. The van der Waals surface area contributed by atoms with E-state index in [2.05, 4.69) is 0 Å². The van der Waals surface area contributed by atoms with Crippen LogP contribution in [0.25, 0.3) is 5.76 Å². The van der Waals surface area contributed by atoms with Crippen LogP contribution in [0.15, 0.2) is 54.6 Å². The molecule has 1 aliphatic carbocycles. The number of carbonyl (C=O) groups is 1. The molecule has 1 amide bonds. The number of rotatable bonds is 3. The van der Waals surface area contributed by atoms with Gasteiger partial charge < -0.3 is 9.47 Å². The number of halogens is 2. The highest BCUT2D eigenvalue weighted by atomic mass is 19.3. The molecular formula is C21H14F2N2O3. The Morgan fingerprint density at radius 2 is 1.82 bits per heavy atom. The Labute approximate surface area is 159 Å². The van der Waals surface area contributed by atoms with Gasteiger partial charge in [-0.05, 0) is 54.6 Å². The number of nitrogens with zero attached hydrogens (tertiary/aromatic N) is 2. The number of methoxy groups -OCH3 is 1. The fourth-order valence-corrected chi connectivity index (χ4v) is 4.21. The van der Waals surface area contributed by atoms with Crippen molar-refractivity contribution in [3.8, 4) is 11.8 Å². The lowest BCUT2D eigenvalue weighted by molar-refractivity contribution is -0.125. The van der Waals surface area contributed by atoms with E-state index in [9.17, 15) is 13.6 Å². The summed E-state index contributed by atoms with van der Waals surface area (Å²) in [4.78, 5) is 14.1. The quantitative estimate of drug-likeness (QED) is 0.819. The summed E-state index contributed by atoms with van der Waals surface area (Å²) in [5.41, 5.74) is -0.462. The van der Waals surface area contributed by atoms with Gasteiger partial charge in [-0.1, -0.05) is 0 Å². The summed E-state index contributed by atoms with van der Waals surface area (Å²) >= 11 is 0. The minimum absolute atomic E-state index is 0.249. The van der Waals surface area contributed by atoms with Gasteiger partial charge in [0.2, 0.25) is 11.5 Å². The molecule has 3 aliphatic rings. The number of amides is 1. The number of carbonyl (C=O) groups excluding carboxylic acids is 1. The monoisotopic (exact) mass is 380 g/mol. The van der Waals surface area contributed by atoms with E-state index in [0.717, 1.165) is 4.90 Å². The van der Waals surface area contributed by atoms with Gasteiger partial charge in [0.05, 0.1) is 18.7 Å². The zero-order valence-electron chi connectivity index (χ0n) is 14.7. The van der Waals surface area contributed by atoms with Crippen LogP contribution < -0.4 is 9.64 Å². The Kier molecular flexibility index (Phi) is 3.18. The van der Waals surface area contributed by atoms with Gasteiger partial charge in [0.15, 0.2) is 6.04 Å². The average molecular weight is 380 g/mol. The van der Waals surface area contributed by atoms with Crippen molar-refractivity contribution in [2.24, 2.45) is 5.92 Å². The molecule has 0 bridgehead atoms. The lowest BCUT2D eigenvalue weighted by Crippen LogP contribution is -2.38. The summed E-state index contributed by atoms with van der Waals surface area (Å²) in [6.07, 6.45) is 1.47. The van der Waals surface area contributed by atoms with Crippen LogP contribution in [0.2, 0.25) is 0 Å². The van der Waals surface area contributed by atoms with Gasteiger partial charge in [0.25, 0.3) is 0 Å². The maximum Gasteiger partial charge on any atom is 0.314 e. The third-order valence-electron chi connectivity index (χ3n) is 5.66. The maximum absolute atomic E-state index is 14.8. The first kappa shape index (κ1) is 16.8. The van der Waals surface area contributed by atoms with Crippen LogP contribution in [0.1, 0.15) is 11.1 Å². The summed E-state index contributed by atoms with van der Waals surface area (Å²) in [6.45, 7) is 0. The molecule has 2 aliphatic heterocycles. The molecule has 3 atom stereocenters. The molecule has 1 saturated carbocycles. The molecule has 2 heterocycles. The van der Waals surface area contributed by atoms with E-state index < -0.39 is 29.4 Å². The summed E-state index contributed by atoms with van der Waals surface area (Å²) in [7, 11) is 1.51. The summed E-state index contributed by atoms with van der Waals surface area (Å²) in [6, 6.07) is 13.5. The fourth-order valence-electron chi connectivity index (χ4n) is 4.21. The molecule has 28 heavy (non-hydrogen) atoms. The highest BCUT2D eigenvalue weighted by Crippen LogP contribution is 2.70. The Bertz CT molecular complexity index is 1060. The average Bonchev–Trinajstić information content (AvgIpc) is 3.02. The molecule has 2 aromatic carbocycles. The number of hydrogen-bond acceptors (Lipinski definition) is 4. The first-order valence-electron chi connectivity index (χ1n) is 8.70. The number of hydrogen-bond donors (Lipinski definition) is 0. The topological polar surface area (TPSA) is 62.6 Å². The van der Waals surface area contributed by atoms with Crippen LogP contribution >= 0.6 is 0 Å². The van der Waals surface area contributed by atoms with Gasteiger partial charge in [0, 0.05) is 11.3 Å². The molecule has 1 saturated heterocycles. The smallest absolute Gasteiger partial charge is 0.314 e. The standard InChI is InChI=1S/C21H14F2N2O3/c1-27-15-8-6-14(7-9-15)25-18(26)16-10-17(13-4-2-12(11-24)3-5-13)28-20(16)19(25)21(20,22)23/h2-10,16,19H,1H3. The molecule has 5 nitrogen and oxygen atoms in total. The molecule has 5 rings (SSSR count). The maximum atomic E-state index is 14.8. The number of benzene rings is 2. The van der Waals surface area contributed by atoms with Crippen molar-refractivity contribution in [1.82, 2.24) is 0 Å². The molecule has 2 aromatic rings. The Hall–Kier alpha value is -3.40. The fraction of sp³-hybridized carbons (Fsp3) is 0.238. The van der Waals surface area contributed by atoms with Crippen LogP contribution in [-0.2, 0) is 9.53 Å². The molecule has 7 heteroatoms. The van der Waals surface area contributed by atoms with E-state index in [-0.39, 0.29) is 5.76 Å². The Morgan fingerprint density at radius 1 is 1.14 bits per heavy atom. The second kappa shape index (κ2) is 5.32. The van der Waals surface area contributed by atoms with Crippen molar-refractivity contribution in [3.05, 3.63) is 65.7 Å². The van der Waals surface area contributed by atoms with Crippen molar-refractivity contribution < 1.29 is 23.0 Å². The third kappa shape index (κ3) is 1.89. The van der Waals surface area contributed by atoms with Gasteiger partial charge >= 0.3 is 5.92 Å². The number of nitriles is 1. The van der Waals surface area contributed by atoms with Crippen molar-refractivity contribution in [1.29, 1.82) is 5.26 Å². The number of ether oxygens (including phenoxy) is 2. The Morgan fingerprint density at radius 3 is 2.39 bits per heavy atom. The number of piperidine rings is 1. The molecule has 140 valence electrons. The van der Waals surface area contributed by atoms with E-state index in [1.807, 2.05) is 6.07 Å². The van der Waals surface area contributed by atoms with E-state index >= 15 is 0 Å². The summed E-state index contributed by atoms with van der Waals surface area (Å²) in [5.74, 6) is -3.80. The number of anilines is 1. The Balaban J connectivity index is 1.51. The van der Waals surface area contributed by atoms with Crippen molar-refractivity contribution in [3.63, 3.8) is 0 Å². The molecule has 0 radical (unpaired) electrons. The van der Waals surface area contributed by atoms with Crippen LogP contribution in [0.5, 0.6) is 5.75 Å². The highest BCUT2D eigenvalue weighted by molar-refractivity contribution is 6.06.